The van der Waals surface area contributed by atoms with Crippen molar-refractivity contribution in [2.75, 3.05) is 7.11 Å². The van der Waals surface area contributed by atoms with Gasteiger partial charge in [0.15, 0.2) is 0 Å². The number of rotatable bonds is 6. The lowest BCUT2D eigenvalue weighted by Crippen LogP contribution is -2.38. The van der Waals surface area contributed by atoms with Crippen LogP contribution < -0.4 is 15.6 Å². The van der Waals surface area contributed by atoms with Crippen molar-refractivity contribution in [2.45, 2.75) is 26.4 Å². The molecule has 3 aromatic rings. The molecule has 0 spiro atoms. The third-order valence-electron chi connectivity index (χ3n) is 3.93. The third kappa shape index (κ3) is 4.41. The molecule has 8 heteroatoms. The summed E-state index contributed by atoms with van der Waals surface area (Å²) in [4.78, 5) is 24.3. The number of aromatic nitrogens is 3. The summed E-state index contributed by atoms with van der Waals surface area (Å²) in [6, 6.07) is 11.7. The highest BCUT2D eigenvalue weighted by molar-refractivity contribution is 5.91. The Bertz CT molecular complexity index is 991. The van der Waals surface area contributed by atoms with Crippen molar-refractivity contribution in [2.24, 2.45) is 0 Å². The molecule has 2 aromatic heterocycles. The lowest BCUT2D eigenvalue weighted by molar-refractivity contribution is 0.0898. The standard InChI is InChI=1S/C19H20N4O4/c1-12-10-17(27-22-12)19(25)20-13(2)11-23-18(24)9-8-16(21-23)14-4-6-15(26-3)7-5-14/h4-10,13H,11H2,1-3H3,(H,20,25)/t13-/m0/s1. The van der Waals surface area contributed by atoms with Crippen LogP contribution in [-0.4, -0.2) is 34.0 Å². The van der Waals surface area contributed by atoms with Gasteiger partial charge in [-0.25, -0.2) is 4.68 Å². The van der Waals surface area contributed by atoms with Gasteiger partial charge >= 0.3 is 0 Å². The molecule has 0 radical (unpaired) electrons. The molecule has 140 valence electrons. The Morgan fingerprint density at radius 3 is 2.63 bits per heavy atom. The van der Waals surface area contributed by atoms with Crippen LogP contribution in [0.3, 0.4) is 0 Å². The number of benzene rings is 1. The molecule has 0 fully saturated rings. The van der Waals surface area contributed by atoms with E-state index in [0.717, 1.165) is 11.3 Å². The molecule has 0 aliphatic rings. The van der Waals surface area contributed by atoms with E-state index in [2.05, 4.69) is 15.6 Å². The SMILES string of the molecule is COc1ccc(-c2ccc(=O)n(C[C@H](C)NC(=O)c3cc(C)no3)n2)cc1. The first-order valence-corrected chi connectivity index (χ1v) is 8.43. The Morgan fingerprint density at radius 2 is 2.00 bits per heavy atom. The van der Waals surface area contributed by atoms with Crippen LogP contribution in [0.2, 0.25) is 0 Å². The number of nitrogens with zero attached hydrogens (tertiary/aromatic N) is 3. The quantitative estimate of drug-likeness (QED) is 0.715. The first-order valence-electron chi connectivity index (χ1n) is 8.43. The second kappa shape index (κ2) is 7.86. The molecule has 0 bridgehead atoms. The summed E-state index contributed by atoms with van der Waals surface area (Å²) in [5.74, 6) is 0.486. The minimum Gasteiger partial charge on any atom is -0.497 e. The van der Waals surface area contributed by atoms with E-state index in [0.29, 0.717) is 11.4 Å². The van der Waals surface area contributed by atoms with Gasteiger partial charge in [-0.1, -0.05) is 5.16 Å². The molecule has 0 unspecified atom stereocenters. The first kappa shape index (κ1) is 18.4. The van der Waals surface area contributed by atoms with Crippen molar-refractivity contribution < 1.29 is 14.1 Å². The normalized spacial score (nSPS) is 11.8. The highest BCUT2D eigenvalue weighted by Crippen LogP contribution is 2.19. The Hall–Kier alpha value is -3.42. The molecule has 1 amide bonds. The van der Waals surface area contributed by atoms with E-state index < -0.39 is 0 Å². The molecule has 2 heterocycles. The van der Waals surface area contributed by atoms with E-state index in [4.69, 9.17) is 9.26 Å². The van der Waals surface area contributed by atoms with Gasteiger partial charge in [0.1, 0.15) is 5.75 Å². The van der Waals surface area contributed by atoms with Crippen molar-refractivity contribution in [1.82, 2.24) is 20.3 Å². The van der Waals surface area contributed by atoms with Gasteiger partial charge in [0.05, 0.1) is 25.0 Å². The molecular weight excluding hydrogens is 348 g/mol. The zero-order valence-electron chi connectivity index (χ0n) is 15.3. The maximum absolute atomic E-state index is 12.1. The zero-order chi connectivity index (χ0) is 19.4. The van der Waals surface area contributed by atoms with Gasteiger partial charge in [0, 0.05) is 23.7 Å². The molecular formula is C19H20N4O4. The van der Waals surface area contributed by atoms with Crippen molar-refractivity contribution in [3.8, 4) is 17.0 Å². The Morgan fingerprint density at radius 1 is 1.26 bits per heavy atom. The topological polar surface area (TPSA) is 99.2 Å². The van der Waals surface area contributed by atoms with E-state index in [-0.39, 0.29) is 29.8 Å². The van der Waals surface area contributed by atoms with Crippen molar-refractivity contribution >= 4 is 5.91 Å². The van der Waals surface area contributed by atoms with Gasteiger partial charge in [-0.05, 0) is 44.2 Å². The number of nitrogens with one attached hydrogen (secondary N) is 1. The van der Waals surface area contributed by atoms with E-state index in [1.807, 2.05) is 24.3 Å². The monoisotopic (exact) mass is 368 g/mol. The van der Waals surface area contributed by atoms with E-state index >= 15 is 0 Å². The van der Waals surface area contributed by atoms with Crippen molar-refractivity contribution in [3.63, 3.8) is 0 Å². The van der Waals surface area contributed by atoms with Crippen LogP contribution in [0.25, 0.3) is 11.3 Å². The Labute approximate surface area is 155 Å². The van der Waals surface area contributed by atoms with Gasteiger partial charge < -0.3 is 14.6 Å². The molecule has 1 aromatic carbocycles. The minimum absolute atomic E-state index is 0.131. The summed E-state index contributed by atoms with van der Waals surface area (Å²) in [7, 11) is 1.60. The lowest BCUT2D eigenvalue weighted by Gasteiger charge is -2.14. The van der Waals surface area contributed by atoms with Gasteiger partial charge in [-0.2, -0.15) is 5.10 Å². The summed E-state index contributed by atoms with van der Waals surface area (Å²) in [6.07, 6.45) is 0. The fourth-order valence-corrected chi connectivity index (χ4v) is 2.57. The van der Waals surface area contributed by atoms with Crippen LogP contribution >= 0.6 is 0 Å². The van der Waals surface area contributed by atoms with Crippen LogP contribution in [0.15, 0.2) is 51.8 Å². The smallest absolute Gasteiger partial charge is 0.290 e. The highest BCUT2D eigenvalue weighted by atomic mass is 16.5. The summed E-state index contributed by atoms with van der Waals surface area (Å²) >= 11 is 0. The number of methoxy groups -OCH3 is 1. The molecule has 3 rings (SSSR count). The number of aryl methyl sites for hydroxylation is 1. The van der Waals surface area contributed by atoms with Crippen LogP contribution in [0.5, 0.6) is 5.75 Å². The molecule has 27 heavy (non-hydrogen) atoms. The maximum Gasteiger partial charge on any atom is 0.290 e. The van der Waals surface area contributed by atoms with Crippen molar-refractivity contribution in [3.05, 3.63) is 64.3 Å². The lowest BCUT2D eigenvalue weighted by atomic mass is 10.1. The van der Waals surface area contributed by atoms with E-state index in [1.165, 1.54) is 10.7 Å². The summed E-state index contributed by atoms with van der Waals surface area (Å²) in [6.45, 7) is 3.74. The zero-order valence-corrected chi connectivity index (χ0v) is 15.3. The number of hydrogen-bond donors (Lipinski definition) is 1. The van der Waals surface area contributed by atoms with Crippen molar-refractivity contribution in [1.29, 1.82) is 0 Å². The first-order chi connectivity index (χ1) is 13.0. The van der Waals surface area contributed by atoms with E-state index in [9.17, 15) is 9.59 Å². The second-order valence-electron chi connectivity index (χ2n) is 6.17. The predicted molar refractivity (Wildman–Crippen MR) is 98.7 cm³/mol. The molecule has 1 N–H and O–H groups in total. The summed E-state index contributed by atoms with van der Waals surface area (Å²) < 4.78 is 11.4. The fraction of sp³-hybridized carbons (Fsp3) is 0.263. The number of carbonyl (C=O) groups is 1. The van der Waals surface area contributed by atoms with Gasteiger partial charge in [-0.3, -0.25) is 9.59 Å². The van der Waals surface area contributed by atoms with Gasteiger partial charge in [-0.15, -0.1) is 0 Å². The highest BCUT2D eigenvalue weighted by Gasteiger charge is 2.15. The molecule has 8 nitrogen and oxygen atoms in total. The molecule has 0 saturated carbocycles. The number of hydrogen-bond acceptors (Lipinski definition) is 6. The second-order valence-corrected chi connectivity index (χ2v) is 6.17. The average Bonchev–Trinajstić information content (AvgIpc) is 3.10. The number of ether oxygens (including phenoxy) is 1. The molecule has 0 aliphatic heterocycles. The largest absolute Gasteiger partial charge is 0.497 e. The molecule has 1 atom stereocenters. The average molecular weight is 368 g/mol. The molecule has 0 saturated heterocycles. The van der Waals surface area contributed by atoms with Crippen LogP contribution in [0.1, 0.15) is 23.2 Å². The number of carbonyl (C=O) groups excluding carboxylic acids is 1. The third-order valence-corrected chi connectivity index (χ3v) is 3.93. The summed E-state index contributed by atoms with van der Waals surface area (Å²) in [5, 5.41) is 10.9. The van der Waals surface area contributed by atoms with Crippen LogP contribution in [0.4, 0.5) is 0 Å². The minimum atomic E-state index is -0.387. The summed E-state index contributed by atoms with van der Waals surface area (Å²) in [5.41, 5.74) is 1.89. The Kier molecular flexibility index (Phi) is 5.35. The van der Waals surface area contributed by atoms with Gasteiger partial charge in [0.25, 0.3) is 11.5 Å². The van der Waals surface area contributed by atoms with Crippen LogP contribution in [0, 0.1) is 6.92 Å². The fourth-order valence-electron chi connectivity index (χ4n) is 2.57. The van der Waals surface area contributed by atoms with E-state index in [1.54, 1.807) is 33.1 Å². The number of amides is 1. The predicted octanol–water partition coefficient (Wildman–Crippen LogP) is 2.03. The Balaban J connectivity index is 1.73. The van der Waals surface area contributed by atoms with Crippen LogP contribution in [-0.2, 0) is 6.54 Å². The van der Waals surface area contributed by atoms with Gasteiger partial charge in [0.2, 0.25) is 5.76 Å². The molecule has 0 aliphatic carbocycles. The maximum atomic E-state index is 12.1.